The minimum Gasteiger partial charge on any atom is -0.0625 e. The minimum atomic E-state index is 0.997. The van der Waals surface area contributed by atoms with Crippen molar-refractivity contribution in [2.24, 2.45) is 29.6 Å². The summed E-state index contributed by atoms with van der Waals surface area (Å²) < 4.78 is 0. The molecule has 2 aliphatic carbocycles. The molecular weight excluding hydrogens is 144 g/mol. The summed E-state index contributed by atoms with van der Waals surface area (Å²) in [5.74, 6) is 5.22. The van der Waals surface area contributed by atoms with E-state index in [4.69, 9.17) is 0 Å². The Kier molecular flexibility index (Phi) is 2.18. The number of fused-ring (bicyclic) bond motifs is 1. The highest BCUT2D eigenvalue weighted by Gasteiger charge is 2.38. The molecule has 0 aliphatic heterocycles. The molecule has 2 fully saturated rings. The predicted molar refractivity (Wildman–Crippen MR) is 52.9 cm³/mol. The summed E-state index contributed by atoms with van der Waals surface area (Å²) in [6, 6.07) is 0. The van der Waals surface area contributed by atoms with Crippen molar-refractivity contribution in [3.8, 4) is 0 Å². The minimum absolute atomic E-state index is 0.997. The average Bonchev–Trinajstić information content (AvgIpc) is 2.30. The lowest BCUT2D eigenvalue weighted by Gasteiger charge is -2.34. The molecule has 2 rings (SSSR count). The third-order valence-electron chi connectivity index (χ3n) is 4.40. The van der Waals surface area contributed by atoms with Gasteiger partial charge in [0.25, 0.3) is 0 Å². The fourth-order valence-corrected chi connectivity index (χ4v) is 3.51. The van der Waals surface area contributed by atoms with Gasteiger partial charge < -0.3 is 0 Å². The summed E-state index contributed by atoms with van der Waals surface area (Å²) in [5, 5.41) is 0. The van der Waals surface area contributed by atoms with Crippen LogP contribution in [0, 0.1) is 29.6 Å². The van der Waals surface area contributed by atoms with Gasteiger partial charge in [0.15, 0.2) is 0 Å². The number of hydrogen-bond acceptors (Lipinski definition) is 0. The second-order valence-electron chi connectivity index (χ2n) is 5.52. The Morgan fingerprint density at radius 3 is 1.50 bits per heavy atom. The molecule has 0 saturated heterocycles. The molecule has 4 atom stereocenters. The van der Waals surface area contributed by atoms with Crippen LogP contribution in [0.3, 0.4) is 0 Å². The highest BCUT2D eigenvalue weighted by atomic mass is 14.4. The van der Waals surface area contributed by atoms with E-state index in [1.165, 1.54) is 25.7 Å². The third kappa shape index (κ3) is 1.41. The van der Waals surface area contributed by atoms with Gasteiger partial charge in [-0.1, -0.05) is 20.8 Å². The largest absolute Gasteiger partial charge is 0.0625 e. The summed E-state index contributed by atoms with van der Waals surface area (Å²) in [6.45, 7) is 7.33. The summed E-state index contributed by atoms with van der Waals surface area (Å²) in [5.41, 5.74) is 0. The van der Waals surface area contributed by atoms with E-state index in [0.717, 1.165) is 29.6 Å². The van der Waals surface area contributed by atoms with Gasteiger partial charge in [0.2, 0.25) is 0 Å². The molecule has 0 heterocycles. The van der Waals surface area contributed by atoms with Crippen molar-refractivity contribution in [3.05, 3.63) is 0 Å². The van der Waals surface area contributed by atoms with E-state index < -0.39 is 0 Å². The van der Waals surface area contributed by atoms with Crippen LogP contribution < -0.4 is 0 Å². The summed E-state index contributed by atoms with van der Waals surface area (Å²) in [7, 11) is 0. The second-order valence-corrected chi connectivity index (χ2v) is 5.52. The molecule has 0 bridgehead atoms. The van der Waals surface area contributed by atoms with Crippen LogP contribution in [0.4, 0.5) is 0 Å². The molecule has 0 aromatic carbocycles. The smallest absolute Gasteiger partial charge is 0.0380 e. The molecule has 0 aromatic heterocycles. The van der Waals surface area contributed by atoms with Crippen molar-refractivity contribution >= 4 is 0 Å². The molecule has 4 unspecified atom stereocenters. The van der Waals surface area contributed by atoms with Crippen molar-refractivity contribution in [3.63, 3.8) is 0 Å². The van der Waals surface area contributed by atoms with Crippen LogP contribution in [0.5, 0.6) is 0 Å². The summed E-state index contributed by atoms with van der Waals surface area (Å²) in [6.07, 6.45) is 6.11. The van der Waals surface area contributed by atoms with Crippen molar-refractivity contribution in [2.75, 3.05) is 0 Å². The third-order valence-corrected chi connectivity index (χ3v) is 4.40. The molecule has 2 saturated carbocycles. The molecule has 0 spiro atoms. The van der Waals surface area contributed by atoms with Crippen molar-refractivity contribution in [2.45, 2.75) is 46.5 Å². The van der Waals surface area contributed by atoms with Gasteiger partial charge in [-0.25, -0.2) is 0 Å². The highest BCUT2D eigenvalue weighted by molar-refractivity contribution is 4.88. The quantitative estimate of drug-likeness (QED) is 0.514. The maximum absolute atomic E-state index is 2.45. The lowest BCUT2D eigenvalue weighted by Crippen LogP contribution is -2.25. The van der Waals surface area contributed by atoms with Gasteiger partial charge in [-0.15, -0.1) is 0 Å². The molecule has 70 valence electrons. The molecule has 2 aliphatic rings. The Morgan fingerprint density at radius 2 is 1.08 bits per heavy atom. The van der Waals surface area contributed by atoms with Gasteiger partial charge >= 0.3 is 0 Å². The van der Waals surface area contributed by atoms with E-state index in [-0.39, 0.29) is 0 Å². The van der Waals surface area contributed by atoms with Crippen LogP contribution in [0.25, 0.3) is 0 Å². The lowest BCUT2D eigenvalue weighted by atomic mass is 9.71. The second kappa shape index (κ2) is 3.05. The van der Waals surface area contributed by atoms with E-state index in [1.54, 1.807) is 0 Å². The first-order valence-electron chi connectivity index (χ1n) is 5.66. The maximum Gasteiger partial charge on any atom is -0.0380 e. The first kappa shape index (κ1) is 8.59. The van der Waals surface area contributed by atoms with Crippen LogP contribution >= 0.6 is 0 Å². The summed E-state index contributed by atoms with van der Waals surface area (Å²) in [4.78, 5) is 0. The highest BCUT2D eigenvalue weighted by Crippen LogP contribution is 2.48. The Balaban J connectivity index is 2.01. The van der Waals surface area contributed by atoms with Gasteiger partial charge in [0, 0.05) is 0 Å². The fraction of sp³-hybridized carbons (Fsp3) is 1.00. The molecule has 0 heteroatoms. The van der Waals surface area contributed by atoms with E-state index in [9.17, 15) is 0 Å². The Labute approximate surface area is 76.7 Å². The predicted octanol–water partition coefficient (Wildman–Crippen LogP) is 3.71. The number of rotatable bonds is 0. The van der Waals surface area contributed by atoms with Gasteiger partial charge in [-0.3, -0.25) is 0 Å². The molecule has 0 N–H and O–H groups in total. The molecule has 0 amide bonds. The van der Waals surface area contributed by atoms with Crippen LogP contribution in [0.15, 0.2) is 0 Å². The average molecular weight is 166 g/mol. The van der Waals surface area contributed by atoms with Crippen LogP contribution in [0.1, 0.15) is 46.5 Å². The molecule has 0 aromatic rings. The van der Waals surface area contributed by atoms with E-state index in [1.807, 2.05) is 0 Å². The fourth-order valence-electron chi connectivity index (χ4n) is 3.51. The van der Waals surface area contributed by atoms with E-state index in [0.29, 0.717) is 0 Å². The standard InChI is InChI=1S/C12H22/c1-8-4-11-6-9(2)10(3)7-12(11)5-8/h8-12H,4-7H2,1-3H3. The van der Waals surface area contributed by atoms with Crippen LogP contribution in [-0.4, -0.2) is 0 Å². The zero-order valence-corrected chi connectivity index (χ0v) is 8.72. The zero-order valence-electron chi connectivity index (χ0n) is 8.72. The number of hydrogen-bond donors (Lipinski definition) is 0. The Bertz CT molecular complexity index is 143. The summed E-state index contributed by atoms with van der Waals surface area (Å²) >= 11 is 0. The maximum atomic E-state index is 2.45. The molecule has 12 heavy (non-hydrogen) atoms. The van der Waals surface area contributed by atoms with E-state index >= 15 is 0 Å². The van der Waals surface area contributed by atoms with Gasteiger partial charge in [-0.05, 0) is 55.3 Å². The van der Waals surface area contributed by atoms with Crippen LogP contribution in [-0.2, 0) is 0 Å². The van der Waals surface area contributed by atoms with Crippen LogP contribution in [0.2, 0.25) is 0 Å². The SMILES string of the molecule is CC1CC2CC(C)C(C)CC2C1. The normalized spacial score (nSPS) is 53.8. The van der Waals surface area contributed by atoms with E-state index in [2.05, 4.69) is 20.8 Å². The zero-order chi connectivity index (χ0) is 8.72. The Hall–Kier alpha value is 0. The van der Waals surface area contributed by atoms with Gasteiger partial charge in [-0.2, -0.15) is 0 Å². The topological polar surface area (TPSA) is 0 Å². The van der Waals surface area contributed by atoms with Gasteiger partial charge in [0.05, 0.1) is 0 Å². The first-order valence-corrected chi connectivity index (χ1v) is 5.66. The lowest BCUT2D eigenvalue weighted by molar-refractivity contribution is 0.157. The molecular formula is C12H22. The molecule has 0 radical (unpaired) electrons. The van der Waals surface area contributed by atoms with Crippen molar-refractivity contribution in [1.82, 2.24) is 0 Å². The molecule has 0 nitrogen and oxygen atoms in total. The monoisotopic (exact) mass is 166 g/mol. The Morgan fingerprint density at radius 1 is 0.667 bits per heavy atom. The first-order chi connectivity index (χ1) is 5.66. The van der Waals surface area contributed by atoms with Gasteiger partial charge in [0.1, 0.15) is 0 Å². The van der Waals surface area contributed by atoms with Crippen molar-refractivity contribution in [1.29, 1.82) is 0 Å². The van der Waals surface area contributed by atoms with Crippen molar-refractivity contribution < 1.29 is 0 Å².